The van der Waals surface area contributed by atoms with Crippen molar-refractivity contribution in [1.29, 1.82) is 0 Å². The molecule has 0 spiro atoms. The van der Waals surface area contributed by atoms with Gasteiger partial charge in [-0.2, -0.15) is 0 Å². The molecule has 2 N–H and O–H groups in total. The minimum atomic E-state index is -3.87. The average molecular weight is 539 g/mol. The van der Waals surface area contributed by atoms with Gasteiger partial charge in [0.25, 0.3) is 11.1 Å². The van der Waals surface area contributed by atoms with Gasteiger partial charge in [0.05, 0.1) is 16.3 Å². The predicted octanol–water partition coefficient (Wildman–Crippen LogP) is 6.03. The summed E-state index contributed by atoms with van der Waals surface area (Å²) in [5.41, 5.74) is 1.92. The van der Waals surface area contributed by atoms with Crippen LogP contribution in [0.2, 0.25) is 0 Å². The second kappa shape index (κ2) is 9.56. The molecule has 1 saturated heterocycles. The Labute approximate surface area is 214 Å². The predicted molar refractivity (Wildman–Crippen MR) is 142 cm³/mol. The molecule has 0 radical (unpaired) electrons. The molecule has 0 atom stereocenters. The lowest BCUT2D eigenvalue weighted by Gasteiger charge is -2.13. The summed E-state index contributed by atoms with van der Waals surface area (Å²) in [7, 11) is -3.87. The highest BCUT2D eigenvalue weighted by atomic mass is 32.2. The monoisotopic (exact) mass is 538 g/mol. The van der Waals surface area contributed by atoms with E-state index in [1.54, 1.807) is 71.2 Å². The van der Waals surface area contributed by atoms with E-state index in [2.05, 4.69) is 0 Å². The maximum atomic E-state index is 12.9. The van der Waals surface area contributed by atoms with Crippen molar-refractivity contribution in [2.45, 2.75) is 11.4 Å². The number of hydrogen-bond donors (Lipinski definition) is 1. The van der Waals surface area contributed by atoms with Gasteiger partial charge < -0.3 is 0 Å². The summed E-state index contributed by atoms with van der Waals surface area (Å²) in [5, 5.41) is 7.04. The van der Waals surface area contributed by atoms with Crippen LogP contribution in [0, 0.1) is 0 Å². The molecule has 3 heterocycles. The first-order valence-corrected chi connectivity index (χ1v) is 14.5. The minimum Gasteiger partial charge on any atom is -0.268 e. The van der Waals surface area contributed by atoms with Gasteiger partial charge in [-0.3, -0.25) is 14.5 Å². The molecule has 0 aliphatic carbocycles. The third kappa shape index (κ3) is 5.02. The molecule has 2 amide bonds. The van der Waals surface area contributed by atoms with Crippen molar-refractivity contribution >= 4 is 61.7 Å². The van der Waals surface area contributed by atoms with Gasteiger partial charge in [-0.1, -0.05) is 48.5 Å². The van der Waals surface area contributed by atoms with Gasteiger partial charge in [-0.05, 0) is 58.6 Å². The summed E-state index contributed by atoms with van der Waals surface area (Å²) in [6, 6.07) is 21.6. The molecule has 4 aromatic rings. The molecular weight excluding hydrogens is 521 g/mol. The number of thioether (sulfide) groups is 1. The van der Waals surface area contributed by atoms with E-state index < -0.39 is 10.0 Å². The summed E-state index contributed by atoms with van der Waals surface area (Å²) < 4.78 is 23.8. The van der Waals surface area contributed by atoms with E-state index in [-0.39, 0.29) is 22.6 Å². The number of carbonyl (C=O) groups is 2. The summed E-state index contributed by atoms with van der Waals surface area (Å²) in [6.07, 6.45) is 1.76. The van der Waals surface area contributed by atoms with Gasteiger partial charge in [0.1, 0.15) is 0 Å². The Morgan fingerprint density at radius 2 is 1.66 bits per heavy atom. The van der Waals surface area contributed by atoms with Gasteiger partial charge in [0, 0.05) is 20.2 Å². The van der Waals surface area contributed by atoms with Gasteiger partial charge in [-0.15, -0.1) is 22.7 Å². The van der Waals surface area contributed by atoms with Gasteiger partial charge in [-0.25, -0.2) is 13.6 Å². The second-order valence-electron chi connectivity index (χ2n) is 7.69. The van der Waals surface area contributed by atoms with Crippen LogP contribution in [0.25, 0.3) is 27.0 Å². The fourth-order valence-corrected chi connectivity index (χ4v) is 7.12. The van der Waals surface area contributed by atoms with E-state index in [9.17, 15) is 18.0 Å². The number of thiophene rings is 2. The van der Waals surface area contributed by atoms with Crippen LogP contribution in [0.1, 0.15) is 10.4 Å². The smallest absolute Gasteiger partial charge is 0.268 e. The topological polar surface area (TPSA) is 97.5 Å². The molecule has 2 aromatic carbocycles. The van der Waals surface area contributed by atoms with E-state index in [1.807, 2.05) is 29.6 Å². The Morgan fingerprint density at radius 1 is 0.886 bits per heavy atom. The largest absolute Gasteiger partial charge is 0.293 e. The molecule has 10 heteroatoms. The van der Waals surface area contributed by atoms with E-state index >= 15 is 0 Å². The molecular formula is C25H18N2O4S4. The van der Waals surface area contributed by atoms with Crippen molar-refractivity contribution in [1.82, 2.24) is 4.90 Å². The van der Waals surface area contributed by atoms with Crippen LogP contribution in [0.4, 0.5) is 4.79 Å². The Morgan fingerprint density at radius 3 is 2.37 bits per heavy atom. The number of amides is 2. The zero-order valence-corrected chi connectivity index (χ0v) is 21.3. The molecule has 0 bridgehead atoms. The van der Waals surface area contributed by atoms with Crippen LogP contribution in [-0.4, -0.2) is 24.5 Å². The van der Waals surface area contributed by atoms with Gasteiger partial charge in [0.15, 0.2) is 0 Å². The van der Waals surface area contributed by atoms with Crippen LogP contribution in [0.15, 0.2) is 88.0 Å². The van der Waals surface area contributed by atoms with Crippen molar-refractivity contribution in [2.24, 2.45) is 5.14 Å². The highest BCUT2D eigenvalue weighted by Crippen LogP contribution is 2.37. The SMILES string of the molecule is NS(=O)(=O)c1ccccc1-c1ccc(CN2C(=O)S/C(=C\c3ccc(-c4cccs4)s3)C2=O)cc1. The fourth-order valence-electron chi connectivity index (χ4n) is 3.67. The van der Waals surface area contributed by atoms with Crippen LogP contribution in [-0.2, 0) is 21.4 Å². The molecule has 1 fully saturated rings. The fraction of sp³-hybridized carbons (Fsp3) is 0.0400. The lowest BCUT2D eigenvalue weighted by Crippen LogP contribution is -2.27. The number of nitrogens with two attached hydrogens (primary N) is 1. The summed E-state index contributed by atoms with van der Waals surface area (Å²) in [4.78, 5) is 30.4. The summed E-state index contributed by atoms with van der Waals surface area (Å²) in [6.45, 7) is 0.129. The maximum absolute atomic E-state index is 12.9. The number of rotatable bonds is 6. The highest BCUT2D eigenvalue weighted by molar-refractivity contribution is 8.18. The molecule has 0 saturated carbocycles. The van der Waals surface area contributed by atoms with Crippen molar-refractivity contribution in [3.05, 3.63) is 93.5 Å². The Bertz CT molecular complexity index is 1550. The molecule has 35 heavy (non-hydrogen) atoms. The van der Waals surface area contributed by atoms with E-state index in [1.165, 1.54) is 11.0 Å². The average Bonchev–Trinajstić information content (AvgIpc) is 3.58. The highest BCUT2D eigenvalue weighted by Gasteiger charge is 2.35. The van der Waals surface area contributed by atoms with Crippen molar-refractivity contribution in [3.8, 4) is 20.9 Å². The molecule has 1 aliphatic heterocycles. The molecule has 1 aliphatic rings. The van der Waals surface area contributed by atoms with Crippen LogP contribution >= 0.6 is 34.4 Å². The van der Waals surface area contributed by atoms with Gasteiger partial charge in [0.2, 0.25) is 10.0 Å². The first kappa shape index (κ1) is 23.7. The van der Waals surface area contributed by atoms with Crippen LogP contribution in [0.5, 0.6) is 0 Å². The molecule has 0 unspecified atom stereocenters. The third-order valence-electron chi connectivity index (χ3n) is 5.34. The lowest BCUT2D eigenvalue weighted by atomic mass is 10.0. The molecule has 176 valence electrons. The Kier molecular flexibility index (Phi) is 6.47. The Hall–Kier alpha value is -3.02. The lowest BCUT2D eigenvalue weighted by molar-refractivity contribution is -0.123. The number of sulfonamides is 1. The number of benzene rings is 2. The number of imide groups is 1. The number of nitrogens with zero attached hydrogens (tertiary/aromatic N) is 1. The third-order valence-corrected chi connectivity index (χ3v) is 9.31. The van der Waals surface area contributed by atoms with Crippen LogP contribution in [0.3, 0.4) is 0 Å². The van der Waals surface area contributed by atoms with Crippen molar-refractivity contribution in [3.63, 3.8) is 0 Å². The normalized spacial score (nSPS) is 15.3. The van der Waals surface area contributed by atoms with E-state index in [0.29, 0.717) is 16.0 Å². The van der Waals surface area contributed by atoms with Crippen molar-refractivity contribution < 1.29 is 18.0 Å². The first-order chi connectivity index (χ1) is 16.8. The molecule has 5 rings (SSSR count). The molecule has 2 aromatic heterocycles. The zero-order valence-electron chi connectivity index (χ0n) is 18.1. The standard InChI is InChI=1S/C25H18N2O4S4/c26-35(30,31)23-6-2-1-4-19(23)17-9-7-16(8-10-17)15-27-24(28)22(34-25(27)29)14-18-11-12-21(33-18)20-5-3-13-32-20/h1-14H,15H2,(H2,26,30,31)/b22-14-. The zero-order chi connectivity index (χ0) is 24.6. The number of carbonyl (C=O) groups excluding carboxylic acids is 2. The van der Waals surface area contributed by atoms with E-state index in [4.69, 9.17) is 5.14 Å². The maximum Gasteiger partial charge on any atom is 0.293 e. The first-order valence-electron chi connectivity index (χ1n) is 10.4. The van der Waals surface area contributed by atoms with E-state index in [0.717, 1.165) is 32.0 Å². The quantitative estimate of drug-likeness (QED) is 0.303. The van der Waals surface area contributed by atoms with Gasteiger partial charge >= 0.3 is 0 Å². The summed E-state index contributed by atoms with van der Waals surface area (Å²) >= 11 is 4.16. The minimum absolute atomic E-state index is 0.0413. The van der Waals surface area contributed by atoms with Crippen LogP contribution < -0.4 is 5.14 Å². The second-order valence-corrected chi connectivity index (χ2v) is 12.3. The summed E-state index contributed by atoms with van der Waals surface area (Å²) in [5.74, 6) is -0.324. The number of hydrogen-bond acceptors (Lipinski definition) is 7. The number of primary sulfonamides is 1. The molecule has 6 nitrogen and oxygen atoms in total. The Balaban J connectivity index is 1.33. The van der Waals surface area contributed by atoms with Crippen molar-refractivity contribution in [2.75, 3.05) is 0 Å².